The van der Waals surface area contributed by atoms with Gasteiger partial charge in [-0.3, -0.25) is 4.98 Å². The lowest BCUT2D eigenvalue weighted by molar-refractivity contribution is 1.41. The van der Waals surface area contributed by atoms with Gasteiger partial charge in [0.15, 0.2) is 0 Å². The molecule has 2 aliphatic rings. The number of nitrogens with zero attached hydrogens (tertiary/aromatic N) is 2. The molecule has 100 heavy (non-hydrogen) atoms. The molecule has 0 aliphatic heterocycles. The van der Waals surface area contributed by atoms with Gasteiger partial charge >= 0.3 is 0 Å². The predicted octanol–water partition coefficient (Wildman–Crippen LogP) is 26.9. The molecule has 0 fully saturated rings. The maximum Gasteiger partial charge on any atom is 0.0787 e. The Labute approximate surface area is 579 Å². The van der Waals surface area contributed by atoms with Crippen molar-refractivity contribution < 1.29 is 0 Å². The van der Waals surface area contributed by atoms with Crippen LogP contribution in [0.3, 0.4) is 0 Å². The van der Waals surface area contributed by atoms with Crippen LogP contribution in [-0.4, -0.2) is 9.97 Å². The van der Waals surface area contributed by atoms with Gasteiger partial charge in [-0.25, -0.2) is 4.98 Å². The normalized spacial score (nSPS) is 11.8. The van der Waals surface area contributed by atoms with Crippen molar-refractivity contribution >= 4 is 75.7 Å². The average Bonchev–Trinajstić information content (AvgIpc) is 1.64. The van der Waals surface area contributed by atoms with Crippen molar-refractivity contribution in [2.45, 2.75) is 0 Å². The van der Waals surface area contributed by atoms with Gasteiger partial charge in [-0.1, -0.05) is 334 Å². The van der Waals surface area contributed by atoms with E-state index in [-0.39, 0.29) is 0 Å². The van der Waals surface area contributed by atoms with E-state index in [1.807, 2.05) is 6.20 Å². The summed E-state index contributed by atoms with van der Waals surface area (Å²) in [6.45, 7) is 0. The summed E-state index contributed by atoms with van der Waals surface area (Å²) >= 11 is 0. The number of aromatic nitrogens is 2. The minimum atomic E-state index is 0.981. The lowest BCUT2D eigenvalue weighted by atomic mass is 9.82. The number of hydrogen-bond acceptors (Lipinski definition) is 2. The lowest BCUT2D eigenvalue weighted by Crippen LogP contribution is -1.94. The predicted molar refractivity (Wildman–Crippen MR) is 423 cm³/mol. The molecule has 17 aromatic carbocycles. The van der Waals surface area contributed by atoms with Crippen LogP contribution in [0.2, 0.25) is 0 Å². The van der Waals surface area contributed by atoms with Crippen molar-refractivity contribution in [3.05, 3.63) is 364 Å². The number of pyridine rings is 2. The Balaban J connectivity index is 0.000000135. The Kier molecular flexibility index (Phi) is 13.3. The van der Waals surface area contributed by atoms with Crippen LogP contribution < -0.4 is 0 Å². The first-order chi connectivity index (χ1) is 49.6. The molecule has 0 saturated heterocycles. The van der Waals surface area contributed by atoms with Gasteiger partial charge < -0.3 is 0 Å². The third kappa shape index (κ3) is 9.26. The Morgan fingerprint density at radius 2 is 0.560 bits per heavy atom. The van der Waals surface area contributed by atoms with E-state index in [4.69, 9.17) is 9.97 Å². The summed E-state index contributed by atoms with van der Waals surface area (Å²) in [5, 5.41) is 14.9. The van der Waals surface area contributed by atoms with Crippen molar-refractivity contribution in [3.8, 4) is 134 Å². The van der Waals surface area contributed by atoms with Crippen LogP contribution in [0.5, 0.6) is 0 Å². The van der Waals surface area contributed by atoms with E-state index in [0.29, 0.717) is 0 Å². The summed E-state index contributed by atoms with van der Waals surface area (Å²) in [4.78, 5) is 10.1. The van der Waals surface area contributed by atoms with E-state index in [2.05, 4.69) is 358 Å². The van der Waals surface area contributed by atoms with Gasteiger partial charge in [0.25, 0.3) is 0 Å². The summed E-state index contributed by atoms with van der Waals surface area (Å²) in [6.07, 6.45) is 2.04. The highest BCUT2D eigenvalue weighted by Gasteiger charge is 2.32. The molecule has 0 radical (unpaired) electrons. The van der Waals surface area contributed by atoms with E-state index >= 15 is 0 Å². The standard InChI is InChI=1S/C51H31N.C47H29N/c1-3-11-33(12-4-1)45-30-44(49(37-14-5-2-6-15-37)51-43-20-10-17-36-16-9-19-42(48(36)43)50(45)51)35-23-21-32(22-24-35)38-26-28-41-40-27-25-34-13-7-8-18-39(34)46(40)31-52-47(41)29-38;1-3-11-30(12-4-1)41-29-40(32-21-24-33(25-22-32)42-28-27-36-26-23-31-13-7-8-18-37(31)47(36)48-42)44(35-14-5-2-6-15-35)46-39-20-10-17-34-16-9-19-38(43(34)39)45(41)46/h1-31H;1-29H. The highest BCUT2D eigenvalue weighted by atomic mass is 14.7. The Morgan fingerprint density at radius 1 is 0.180 bits per heavy atom. The van der Waals surface area contributed by atoms with Gasteiger partial charge in [-0.05, 0) is 190 Å². The minimum Gasteiger partial charge on any atom is -0.256 e. The molecule has 0 unspecified atom stereocenters. The molecule has 2 nitrogen and oxygen atoms in total. The van der Waals surface area contributed by atoms with E-state index in [1.165, 1.54) is 176 Å². The molecule has 2 aromatic heterocycles. The van der Waals surface area contributed by atoms with Gasteiger partial charge in [0.05, 0.1) is 16.7 Å². The first kappa shape index (κ1) is 57.1. The molecule has 19 aromatic rings. The summed E-state index contributed by atoms with van der Waals surface area (Å²) in [5.74, 6) is 0. The van der Waals surface area contributed by atoms with Crippen molar-refractivity contribution in [3.63, 3.8) is 0 Å². The minimum absolute atomic E-state index is 0.981. The monoisotopic (exact) mass is 1260 g/mol. The van der Waals surface area contributed by atoms with Crippen molar-refractivity contribution in [2.24, 2.45) is 0 Å². The van der Waals surface area contributed by atoms with E-state index in [9.17, 15) is 0 Å². The first-order valence-corrected chi connectivity index (χ1v) is 34.5. The van der Waals surface area contributed by atoms with E-state index in [0.717, 1.165) is 33.2 Å². The molecule has 21 rings (SSSR count). The second kappa shape index (κ2) is 23.3. The van der Waals surface area contributed by atoms with Gasteiger partial charge in [0.2, 0.25) is 0 Å². The summed E-state index contributed by atoms with van der Waals surface area (Å²) in [6, 6.07) is 130. The summed E-state index contributed by atoms with van der Waals surface area (Å²) < 4.78 is 0. The van der Waals surface area contributed by atoms with Crippen LogP contribution in [0.1, 0.15) is 0 Å². The Hall–Kier alpha value is -13.1. The molecule has 462 valence electrons. The second-order valence-corrected chi connectivity index (χ2v) is 26.5. The van der Waals surface area contributed by atoms with Gasteiger partial charge in [0, 0.05) is 33.3 Å². The summed E-state index contributed by atoms with van der Waals surface area (Å²) in [5.41, 5.74) is 31.8. The smallest absolute Gasteiger partial charge is 0.0787 e. The third-order valence-electron chi connectivity index (χ3n) is 21.0. The zero-order chi connectivity index (χ0) is 65.8. The zero-order valence-electron chi connectivity index (χ0n) is 54.5. The highest BCUT2D eigenvalue weighted by molar-refractivity contribution is 6.25. The first-order valence-electron chi connectivity index (χ1n) is 34.5. The fourth-order valence-electron chi connectivity index (χ4n) is 16.5. The topological polar surface area (TPSA) is 25.8 Å². The molecule has 0 bridgehead atoms. The number of rotatable bonds is 8. The number of benzene rings is 17. The lowest BCUT2D eigenvalue weighted by Gasteiger charge is -2.21. The Bertz CT molecular complexity index is 6510. The van der Waals surface area contributed by atoms with Crippen LogP contribution in [0, 0.1) is 0 Å². The molecule has 0 saturated carbocycles. The van der Waals surface area contributed by atoms with Crippen molar-refractivity contribution in [1.29, 1.82) is 0 Å². The average molecular weight is 1270 g/mol. The van der Waals surface area contributed by atoms with Gasteiger partial charge in [-0.15, -0.1) is 0 Å². The maximum absolute atomic E-state index is 5.19. The highest BCUT2D eigenvalue weighted by Crippen LogP contribution is 2.59. The van der Waals surface area contributed by atoms with Crippen molar-refractivity contribution in [1.82, 2.24) is 9.97 Å². The quantitative estimate of drug-likeness (QED) is 0.142. The largest absolute Gasteiger partial charge is 0.256 e. The fourth-order valence-corrected chi connectivity index (χ4v) is 16.5. The van der Waals surface area contributed by atoms with Crippen LogP contribution in [-0.2, 0) is 0 Å². The fraction of sp³-hybridized carbons (Fsp3) is 0. The van der Waals surface area contributed by atoms with Gasteiger partial charge in [0.1, 0.15) is 0 Å². The van der Waals surface area contributed by atoms with Gasteiger partial charge in [-0.2, -0.15) is 0 Å². The molecule has 0 atom stereocenters. The molecule has 2 heteroatoms. The second-order valence-electron chi connectivity index (χ2n) is 26.5. The molecule has 2 aliphatic carbocycles. The molecular weight excluding hydrogens is 1210 g/mol. The molecule has 0 spiro atoms. The third-order valence-corrected chi connectivity index (χ3v) is 21.0. The molecule has 0 amide bonds. The van der Waals surface area contributed by atoms with E-state index in [1.54, 1.807) is 0 Å². The maximum atomic E-state index is 5.19. The van der Waals surface area contributed by atoms with E-state index < -0.39 is 0 Å². The zero-order valence-corrected chi connectivity index (χ0v) is 54.5. The SMILES string of the molecule is c1ccc(-c2cc(-c3ccc(-c4ccc5c(c4)ncc4c6ccccc6ccc54)cc3)c(-c3ccccc3)c3c2-c2cccc4cccc-3c24)cc1.c1ccc(-c2cc(-c3ccc(-c4ccc5ccc6ccccc6c5n4)cc3)c(-c3ccccc3)c3c2-c2cccc4cccc-3c24)cc1. The summed E-state index contributed by atoms with van der Waals surface area (Å²) in [7, 11) is 0. The van der Waals surface area contributed by atoms with Crippen LogP contribution in [0.4, 0.5) is 0 Å². The van der Waals surface area contributed by atoms with Crippen LogP contribution in [0.15, 0.2) is 364 Å². The van der Waals surface area contributed by atoms with Crippen LogP contribution >= 0.6 is 0 Å². The Morgan fingerprint density at radius 3 is 1.10 bits per heavy atom. The molecule has 2 heterocycles. The van der Waals surface area contributed by atoms with Crippen LogP contribution in [0.25, 0.3) is 209 Å². The van der Waals surface area contributed by atoms with Crippen molar-refractivity contribution in [2.75, 3.05) is 0 Å². The number of hydrogen-bond donors (Lipinski definition) is 0. The molecule has 0 N–H and O–H groups in total. The number of fused-ring (bicyclic) bond motifs is 14. The molecular formula is C98H60N2.